The lowest BCUT2D eigenvalue weighted by atomic mass is 9.87. The molecule has 0 radical (unpaired) electrons. The fourth-order valence-corrected chi connectivity index (χ4v) is 3.45. The van der Waals surface area contributed by atoms with E-state index in [0.717, 1.165) is 45.7 Å². The summed E-state index contributed by atoms with van der Waals surface area (Å²) in [6.45, 7) is 7.95. The van der Waals surface area contributed by atoms with Gasteiger partial charge in [0.05, 0.1) is 4.88 Å². The van der Waals surface area contributed by atoms with Crippen molar-refractivity contribution >= 4 is 11.3 Å². The highest BCUT2D eigenvalue weighted by Crippen LogP contribution is 2.43. The molecule has 0 bridgehead atoms. The molecule has 114 valence electrons. The molecule has 0 spiro atoms. The van der Waals surface area contributed by atoms with Crippen LogP contribution >= 0.6 is 11.3 Å². The zero-order valence-electron chi connectivity index (χ0n) is 13.4. The van der Waals surface area contributed by atoms with Gasteiger partial charge in [0.25, 0.3) is 0 Å². The van der Waals surface area contributed by atoms with Gasteiger partial charge < -0.3 is 9.84 Å². The third kappa shape index (κ3) is 2.48. The molecule has 3 rings (SSSR count). The number of hydrogen-bond acceptors (Lipinski definition) is 3. The minimum atomic E-state index is -0.475. The Morgan fingerprint density at radius 3 is 2.68 bits per heavy atom. The molecule has 1 N–H and O–H groups in total. The number of rotatable bonds is 0. The number of fused-ring (bicyclic) bond motifs is 1. The zero-order valence-corrected chi connectivity index (χ0v) is 14.2. The Morgan fingerprint density at radius 1 is 1.23 bits per heavy atom. The van der Waals surface area contributed by atoms with Crippen molar-refractivity contribution in [1.82, 2.24) is 0 Å². The van der Waals surface area contributed by atoms with E-state index < -0.39 is 5.60 Å². The maximum Gasteiger partial charge on any atom is 0.167 e. The van der Waals surface area contributed by atoms with Crippen molar-refractivity contribution < 1.29 is 9.84 Å². The molecule has 1 aliphatic heterocycles. The van der Waals surface area contributed by atoms with Gasteiger partial charge in [0, 0.05) is 12.0 Å². The summed E-state index contributed by atoms with van der Waals surface area (Å²) in [5, 5.41) is 12.3. The van der Waals surface area contributed by atoms with Crippen molar-refractivity contribution in [2.45, 2.75) is 46.1 Å². The fraction of sp³-hybridized carbons (Fsp3) is 0.368. The summed E-state index contributed by atoms with van der Waals surface area (Å²) in [4.78, 5) is 1.06. The molecule has 22 heavy (non-hydrogen) atoms. The summed E-state index contributed by atoms with van der Waals surface area (Å²) < 4.78 is 6.29. The Balaban J connectivity index is 2.00. The number of phenols is 1. The third-order valence-electron chi connectivity index (χ3n) is 4.49. The van der Waals surface area contributed by atoms with Crippen LogP contribution in [0.25, 0.3) is 0 Å². The van der Waals surface area contributed by atoms with E-state index in [0.29, 0.717) is 5.75 Å². The van der Waals surface area contributed by atoms with Gasteiger partial charge in [0.2, 0.25) is 0 Å². The highest BCUT2D eigenvalue weighted by Gasteiger charge is 2.33. The van der Waals surface area contributed by atoms with Crippen LogP contribution in [0.15, 0.2) is 17.5 Å². The van der Waals surface area contributed by atoms with E-state index in [-0.39, 0.29) is 0 Å². The van der Waals surface area contributed by atoms with Crippen LogP contribution in [-0.4, -0.2) is 10.7 Å². The molecule has 0 fully saturated rings. The van der Waals surface area contributed by atoms with Crippen molar-refractivity contribution in [3.05, 3.63) is 44.6 Å². The van der Waals surface area contributed by atoms with Crippen LogP contribution in [-0.2, 0) is 6.42 Å². The van der Waals surface area contributed by atoms with Crippen LogP contribution in [0, 0.1) is 32.6 Å². The molecule has 3 heteroatoms. The Kier molecular flexibility index (Phi) is 3.66. The minimum absolute atomic E-state index is 0.396. The molecule has 2 nitrogen and oxygen atoms in total. The Bertz CT molecular complexity index is 778. The Labute approximate surface area is 135 Å². The van der Waals surface area contributed by atoms with Crippen LogP contribution < -0.4 is 4.74 Å². The lowest BCUT2D eigenvalue weighted by Gasteiger charge is -2.34. The van der Waals surface area contributed by atoms with Gasteiger partial charge >= 0.3 is 0 Å². The average Bonchev–Trinajstić information content (AvgIpc) is 3.02. The summed E-state index contributed by atoms with van der Waals surface area (Å²) in [5.74, 6) is 7.82. The third-order valence-corrected chi connectivity index (χ3v) is 5.28. The molecule has 0 amide bonds. The summed E-state index contributed by atoms with van der Waals surface area (Å²) in [5.41, 5.74) is 3.49. The molecular formula is C19H20O2S. The monoisotopic (exact) mass is 312 g/mol. The van der Waals surface area contributed by atoms with E-state index in [2.05, 4.69) is 11.8 Å². The summed E-state index contributed by atoms with van der Waals surface area (Å²) in [7, 11) is 0. The van der Waals surface area contributed by atoms with Gasteiger partial charge in [-0.2, -0.15) is 0 Å². The Hall–Kier alpha value is -1.92. The van der Waals surface area contributed by atoms with E-state index >= 15 is 0 Å². The predicted octanol–water partition coefficient (Wildman–Crippen LogP) is 4.51. The molecule has 0 unspecified atom stereocenters. The second-order valence-electron chi connectivity index (χ2n) is 6.09. The van der Waals surface area contributed by atoms with E-state index in [1.165, 1.54) is 0 Å². The number of hydrogen-bond donors (Lipinski definition) is 1. The number of thiophene rings is 1. The first kappa shape index (κ1) is 15.0. The first-order chi connectivity index (χ1) is 10.4. The van der Waals surface area contributed by atoms with Gasteiger partial charge in [-0.05, 0) is 68.2 Å². The molecular weight excluding hydrogens is 292 g/mol. The standard InChI is InChI=1S/C19H20O2S/c1-12-13(2)18-16(14(3)17(12)20)8-10-19(4,21-18)9-7-15-6-5-11-22-15/h5-6,11,20H,8,10H2,1-4H3/t19-/m0/s1. The molecule has 2 aromatic rings. The topological polar surface area (TPSA) is 29.5 Å². The summed E-state index contributed by atoms with van der Waals surface area (Å²) in [6, 6.07) is 4.03. The number of ether oxygens (including phenoxy) is 1. The van der Waals surface area contributed by atoms with Crippen LogP contribution in [0.2, 0.25) is 0 Å². The molecule has 0 saturated heterocycles. The summed E-state index contributed by atoms with van der Waals surface area (Å²) in [6.07, 6.45) is 1.71. The van der Waals surface area contributed by atoms with Crippen LogP contribution in [0.5, 0.6) is 11.5 Å². The predicted molar refractivity (Wildman–Crippen MR) is 90.9 cm³/mol. The van der Waals surface area contributed by atoms with Crippen LogP contribution in [0.4, 0.5) is 0 Å². The van der Waals surface area contributed by atoms with Gasteiger partial charge in [-0.15, -0.1) is 11.3 Å². The van der Waals surface area contributed by atoms with Crippen molar-refractivity contribution in [3.8, 4) is 23.3 Å². The van der Waals surface area contributed by atoms with Crippen molar-refractivity contribution in [2.24, 2.45) is 0 Å². The molecule has 1 aromatic heterocycles. The first-order valence-electron chi connectivity index (χ1n) is 7.48. The molecule has 0 saturated carbocycles. The summed E-state index contributed by atoms with van der Waals surface area (Å²) >= 11 is 1.64. The van der Waals surface area contributed by atoms with Crippen molar-refractivity contribution in [1.29, 1.82) is 0 Å². The fourth-order valence-electron chi connectivity index (χ4n) is 2.88. The molecule has 1 atom stereocenters. The number of benzene rings is 1. The van der Waals surface area contributed by atoms with Crippen LogP contribution in [0.3, 0.4) is 0 Å². The van der Waals surface area contributed by atoms with Gasteiger partial charge in [-0.25, -0.2) is 0 Å². The lowest BCUT2D eigenvalue weighted by Crippen LogP contribution is -2.35. The maximum absolute atomic E-state index is 10.2. The second kappa shape index (κ2) is 5.37. The Morgan fingerprint density at radius 2 is 2.00 bits per heavy atom. The average molecular weight is 312 g/mol. The van der Waals surface area contributed by atoms with Gasteiger partial charge in [0.15, 0.2) is 5.60 Å². The zero-order chi connectivity index (χ0) is 15.9. The number of aromatic hydroxyl groups is 1. The quantitative estimate of drug-likeness (QED) is 0.725. The largest absolute Gasteiger partial charge is 0.507 e. The number of phenolic OH excluding ortho intramolecular Hbond substituents is 1. The minimum Gasteiger partial charge on any atom is -0.507 e. The normalized spacial score (nSPS) is 19.8. The molecule has 1 aromatic carbocycles. The van der Waals surface area contributed by atoms with Gasteiger partial charge in [-0.3, -0.25) is 0 Å². The van der Waals surface area contributed by atoms with Gasteiger partial charge in [0.1, 0.15) is 11.5 Å². The van der Waals surface area contributed by atoms with Crippen molar-refractivity contribution in [2.75, 3.05) is 0 Å². The van der Waals surface area contributed by atoms with E-state index in [1.54, 1.807) is 11.3 Å². The second-order valence-corrected chi connectivity index (χ2v) is 7.04. The van der Waals surface area contributed by atoms with E-state index in [1.807, 2.05) is 45.2 Å². The molecule has 1 aliphatic rings. The first-order valence-corrected chi connectivity index (χ1v) is 8.36. The SMILES string of the molecule is Cc1c(C)c2c(c(C)c1O)CC[C@](C)(C#Cc1cccs1)O2. The maximum atomic E-state index is 10.2. The van der Waals surface area contributed by atoms with Gasteiger partial charge in [-0.1, -0.05) is 12.0 Å². The molecule has 2 heterocycles. The van der Waals surface area contributed by atoms with E-state index in [9.17, 15) is 5.11 Å². The molecule has 0 aliphatic carbocycles. The van der Waals surface area contributed by atoms with E-state index in [4.69, 9.17) is 4.74 Å². The lowest BCUT2D eigenvalue weighted by molar-refractivity contribution is 0.122. The highest BCUT2D eigenvalue weighted by molar-refractivity contribution is 7.10. The van der Waals surface area contributed by atoms with Crippen LogP contribution in [0.1, 0.15) is 40.5 Å². The smallest absolute Gasteiger partial charge is 0.167 e. The highest BCUT2D eigenvalue weighted by atomic mass is 32.1. The van der Waals surface area contributed by atoms with Crippen molar-refractivity contribution in [3.63, 3.8) is 0 Å².